The van der Waals surface area contributed by atoms with Crippen molar-refractivity contribution in [3.05, 3.63) is 59.7 Å². The summed E-state index contributed by atoms with van der Waals surface area (Å²) in [7, 11) is 0. The van der Waals surface area contributed by atoms with Gasteiger partial charge >= 0.3 is 76.2 Å². The summed E-state index contributed by atoms with van der Waals surface area (Å²) >= 11 is 21.9. The van der Waals surface area contributed by atoms with Gasteiger partial charge in [-0.3, -0.25) is 0 Å². The Labute approximate surface area is 427 Å². The summed E-state index contributed by atoms with van der Waals surface area (Å²) in [5.41, 5.74) is -2.94. The van der Waals surface area contributed by atoms with Gasteiger partial charge in [-0.25, -0.2) is 0 Å². The molecule has 0 aliphatic carbocycles. The maximum atomic E-state index is 6.15. The number of para-hydroxylation sites is 2. The molecule has 0 radical (unpaired) electrons. The normalized spacial score (nSPS) is 11.2. The summed E-state index contributed by atoms with van der Waals surface area (Å²) in [6.45, 7) is 10.3. The fourth-order valence-corrected chi connectivity index (χ4v) is 9.72. The van der Waals surface area contributed by atoms with Gasteiger partial charge in [-0.15, -0.1) is 0 Å². The minimum atomic E-state index is -2.87. The van der Waals surface area contributed by atoms with Crippen molar-refractivity contribution < 1.29 is 45.4 Å². The van der Waals surface area contributed by atoms with Gasteiger partial charge in [-0.05, 0) is 73.6 Å². The van der Waals surface area contributed by atoms with Gasteiger partial charge < -0.3 is 42.6 Å². The molecule has 0 heterocycles. The average Bonchev–Trinajstić information content (AvgIpc) is 3.15. The van der Waals surface area contributed by atoms with Crippen molar-refractivity contribution in [1.82, 2.24) is 0 Å². The number of benzene rings is 2. The van der Waals surface area contributed by atoms with E-state index < -0.39 is 11.4 Å². The summed E-state index contributed by atoms with van der Waals surface area (Å²) in [6.07, 6.45) is 32.3. The van der Waals surface area contributed by atoms with Crippen molar-refractivity contribution in [2.75, 3.05) is 13.2 Å². The molecule has 0 saturated carbocycles. The maximum absolute atomic E-state index is 6.15. The molecule has 0 spiro atoms. The van der Waals surface area contributed by atoms with E-state index in [-0.39, 0.29) is 76.2 Å². The third kappa shape index (κ3) is 35.0. The molecule has 312 valence electrons. The monoisotopic (exact) mass is 1110 g/mol. The van der Waals surface area contributed by atoms with Crippen LogP contribution in [0.1, 0.15) is 193 Å². The largest absolute Gasteiger partial charge is 2.00 e. The maximum Gasteiger partial charge on any atom is 2.00 e. The fraction of sp³-hybridized carbons (Fsp3) is 0.727. The zero-order chi connectivity index (χ0) is 39.6. The van der Waals surface area contributed by atoms with E-state index >= 15 is 0 Å². The van der Waals surface area contributed by atoms with Crippen molar-refractivity contribution in [1.29, 1.82) is 0 Å². The second-order valence-corrected chi connectivity index (χ2v) is 24.4. The zero-order valence-electron chi connectivity index (χ0n) is 36.0. The van der Waals surface area contributed by atoms with E-state index in [9.17, 15) is 0 Å². The van der Waals surface area contributed by atoms with E-state index in [2.05, 4.69) is 52.0 Å². The second kappa shape index (κ2) is 41.5. The Bertz CT molecular complexity index is 1190. The third-order valence-corrected chi connectivity index (χ3v) is 13.5. The van der Waals surface area contributed by atoms with Crippen molar-refractivity contribution in [3.63, 3.8) is 0 Å². The number of hydrogen-bond donors (Lipinski definition) is 0. The first-order chi connectivity index (χ1) is 26.2. The first kappa shape index (κ1) is 60.5. The van der Waals surface area contributed by atoms with Crippen LogP contribution in [0.15, 0.2) is 48.5 Å². The topological polar surface area (TPSA) is 36.9 Å². The van der Waals surface area contributed by atoms with Crippen LogP contribution >= 0.6 is 11.4 Å². The Balaban J connectivity index is 0. The van der Waals surface area contributed by atoms with Crippen molar-refractivity contribution in [2.24, 2.45) is 0 Å². The van der Waals surface area contributed by atoms with Crippen LogP contribution < -0.4 is 9.05 Å². The van der Waals surface area contributed by atoms with Crippen LogP contribution in [-0.2, 0) is 97.3 Å². The Morgan fingerprint density at radius 3 is 1.05 bits per heavy atom. The van der Waals surface area contributed by atoms with E-state index in [4.69, 9.17) is 66.2 Å². The molecule has 56 heavy (non-hydrogen) atoms. The molecule has 4 nitrogen and oxygen atoms in total. The molecule has 2 rings (SSSR count). The van der Waals surface area contributed by atoms with Gasteiger partial charge in [0.25, 0.3) is 0 Å². The molecule has 0 aliphatic heterocycles. The molecule has 0 aromatic heterocycles. The van der Waals surface area contributed by atoms with Crippen LogP contribution in [0.4, 0.5) is 0 Å². The smallest absolute Gasteiger partial charge is 0.691 e. The SMILES string of the molecule is CCCCCCCCCOP(=S)([S-])OCCCCCCCCC.CCCCCCCc1ccccc1OP(=S)([S-])Oc1ccccc1CCCCCCC.[Ba+2].[Cd+2]. The Kier molecular flexibility index (Phi) is 44.8. The molecule has 0 unspecified atom stereocenters. The molecule has 2 aromatic carbocycles. The predicted octanol–water partition coefficient (Wildman–Crippen LogP) is 15.9. The zero-order valence-corrected chi connectivity index (χ0v) is 49.5. The van der Waals surface area contributed by atoms with Crippen LogP contribution in [0.25, 0.3) is 0 Å². The minimum Gasteiger partial charge on any atom is -0.691 e. The number of rotatable bonds is 34. The molecule has 0 bridgehead atoms. The molecular weight excluding hydrogens is 1030 g/mol. The summed E-state index contributed by atoms with van der Waals surface area (Å²) in [4.78, 5) is 0. The summed E-state index contributed by atoms with van der Waals surface area (Å²) < 4.78 is 23.6. The quantitative estimate of drug-likeness (QED) is 0.0297. The number of aryl methyl sites for hydroxylation is 2. The Morgan fingerprint density at radius 1 is 0.429 bits per heavy atom. The molecule has 0 N–H and O–H groups in total. The third-order valence-electron chi connectivity index (χ3n) is 9.46. The molecule has 0 atom stereocenters. The molecule has 0 aliphatic rings. The van der Waals surface area contributed by atoms with E-state index in [1.54, 1.807) is 0 Å². The minimum absolute atomic E-state index is 0. The van der Waals surface area contributed by atoms with Gasteiger partial charge in [-0.1, -0.05) is 204 Å². The van der Waals surface area contributed by atoms with E-state index in [0.717, 1.165) is 50.0 Å². The first-order valence-corrected chi connectivity index (χ1v) is 28.9. The fourth-order valence-electron chi connectivity index (χ4n) is 6.20. The second-order valence-electron chi connectivity index (χ2n) is 14.5. The van der Waals surface area contributed by atoms with Crippen molar-refractivity contribution in [2.45, 2.75) is 195 Å². The standard InChI is InChI=1S/C26H39O2PS2.C18H39O2PS2.Ba.Cd/c1-3-5-7-9-11-17-23-19-13-15-21-25(23)27-29(30,31)28-26-22-16-14-20-24(26)18-12-10-8-6-4-2;1-3-5-7-9-11-13-15-17-19-21(22,23)20-18-16-14-12-10-8-6-4-2;;/h13-16,19-22H,3-12,17-18H2,1-2H3,(H,30,31);3-18H2,1-2H3,(H,22,23);;/q;;2*+2/p-2. The summed E-state index contributed by atoms with van der Waals surface area (Å²) in [6, 6.07) is 16.2. The van der Waals surface area contributed by atoms with E-state index in [1.165, 1.54) is 140 Å². The average molecular weight is 1110 g/mol. The predicted molar refractivity (Wildman–Crippen MR) is 256 cm³/mol. The number of unbranched alkanes of at least 4 members (excludes halogenated alkanes) is 20. The molecular formula is C44H76BaCdO4P2S4+2. The molecule has 0 fully saturated rings. The Hall–Kier alpha value is 2.45. The van der Waals surface area contributed by atoms with Crippen molar-refractivity contribution >= 4 is 108 Å². The molecule has 12 heteroatoms. The summed E-state index contributed by atoms with van der Waals surface area (Å²) in [5, 5.41) is 0. The molecule has 0 saturated heterocycles. The Morgan fingerprint density at radius 2 is 0.714 bits per heavy atom. The van der Waals surface area contributed by atoms with E-state index in [1.807, 2.05) is 24.3 Å². The van der Waals surface area contributed by atoms with Gasteiger partial charge in [0.15, 0.2) is 5.69 Å². The van der Waals surface area contributed by atoms with E-state index in [0.29, 0.717) is 13.2 Å². The van der Waals surface area contributed by atoms with Gasteiger partial charge in [-0.2, -0.15) is 0 Å². The van der Waals surface area contributed by atoms with Gasteiger partial charge in [0.05, 0.1) is 18.9 Å². The number of hydrogen-bond acceptors (Lipinski definition) is 8. The molecule has 2 aromatic rings. The first-order valence-electron chi connectivity index (χ1n) is 21.6. The van der Waals surface area contributed by atoms with Gasteiger partial charge in [0.2, 0.25) is 0 Å². The van der Waals surface area contributed by atoms with Crippen LogP contribution in [0.2, 0.25) is 0 Å². The van der Waals surface area contributed by atoms with Crippen molar-refractivity contribution in [3.8, 4) is 11.5 Å². The van der Waals surface area contributed by atoms with Crippen LogP contribution in [0, 0.1) is 0 Å². The summed E-state index contributed by atoms with van der Waals surface area (Å²) in [5.74, 6) is 1.57. The van der Waals surface area contributed by atoms with Crippen LogP contribution in [0.3, 0.4) is 0 Å². The van der Waals surface area contributed by atoms with Crippen LogP contribution in [0.5, 0.6) is 11.5 Å². The van der Waals surface area contributed by atoms with Gasteiger partial charge in [0.1, 0.15) is 11.5 Å². The van der Waals surface area contributed by atoms with Crippen LogP contribution in [-0.4, -0.2) is 62.1 Å². The molecule has 0 amide bonds. The van der Waals surface area contributed by atoms with Gasteiger partial charge in [0, 0.05) is 0 Å².